The number of hydrogen-bond acceptors (Lipinski definition) is 9. The van der Waals surface area contributed by atoms with Crippen LogP contribution in [0.25, 0.3) is 11.2 Å². The molecule has 0 radical (unpaired) electrons. The highest BCUT2D eigenvalue weighted by atomic mass is 16.6. The van der Waals surface area contributed by atoms with Gasteiger partial charge in [0, 0.05) is 6.54 Å². The van der Waals surface area contributed by atoms with E-state index in [1.807, 2.05) is 37.3 Å². The lowest BCUT2D eigenvalue weighted by Crippen LogP contribution is -2.33. The first kappa shape index (κ1) is 19.5. The van der Waals surface area contributed by atoms with Crippen molar-refractivity contribution in [2.24, 2.45) is 0 Å². The van der Waals surface area contributed by atoms with Gasteiger partial charge in [0.25, 0.3) is 0 Å². The average molecular weight is 401 g/mol. The monoisotopic (exact) mass is 401 g/mol. The van der Waals surface area contributed by atoms with Gasteiger partial charge in [-0.1, -0.05) is 30.3 Å². The number of aromatic nitrogens is 4. The molecular weight excluding hydrogens is 378 g/mol. The Bertz CT molecular complexity index is 966. The number of aliphatic hydroxyl groups excluding tert-OH is 3. The number of fused-ring (bicyclic) bond motifs is 1. The minimum Gasteiger partial charge on any atom is -0.458 e. The predicted molar refractivity (Wildman–Crippen MR) is 103 cm³/mol. The van der Waals surface area contributed by atoms with Crippen molar-refractivity contribution >= 4 is 17.0 Å². The Labute approximate surface area is 166 Å². The van der Waals surface area contributed by atoms with E-state index in [-0.39, 0.29) is 6.01 Å². The SMILES string of the molecule is CCNc1nc(OCc2ccccc2)nc2c1ncn2[C@@H]1O[C@H](CO)C(O)C1O. The van der Waals surface area contributed by atoms with E-state index in [0.717, 1.165) is 5.56 Å². The molecular formula is C19H23N5O5. The maximum atomic E-state index is 10.4. The van der Waals surface area contributed by atoms with Gasteiger partial charge in [0.15, 0.2) is 23.2 Å². The van der Waals surface area contributed by atoms with Crippen molar-refractivity contribution in [3.05, 3.63) is 42.2 Å². The summed E-state index contributed by atoms with van der Waals surface area (Å²) < 4.78 is 12.9. The second-order valence-corrected chi connectivity index (χ2v) is 6.71. The lowest BCUT2D eigenvalue weighted by Gasteiger charge is -2.17. The topological polar surface area (TPSA) is 135 Å². The van der Waals surface area contributed by atoms with Crippen molar-refractivity contribution in [2.45, 2.75) is 38.1 Å². The number of ether oxygens (including phenoxy) is 2. The van der Waals surface area contributed by atoms with Crippen molar-refractivity contribution in [2.75, 3.05) is 18.5 Å². The summed E-state index contributed by atoms with van der Waals surface area (Å²) in [7, 11) is 0. The van der Waals surface area contributed by atoms with E-state index in [2.05, 4.69) is 20.3 Å². The Morgan fingerprint density at radius 2 is 1.97 bits per heavy atom. The number of nitrogens with zero attached hydrogens (tertiary/aromatic N) is 4. The third-order valence-corrected chi connectivity index (χ3v) is 4.75. The van der Waals surface area contributed by atoms with Gasteiger partial charge in [-0.3, -0.25) is 4.57 Å². The molecule has 0 spiro atoms. The van der Waals surface area contributed by atoms with Gasteiger partial charge in [0.05, 0.1) is 12.9 Å². The van der Waals surface area contributed by atoms with E-state index < -0.39 is 31.1 Å². The highest BCUT2D eigenvalue weighted by molar-refractivity contribution is 5.83. The zero-order valence-electron chi connectivity index (χ0n) is 15.8. The summed E-state index contributed by atoms with van der Waals surface area (Å²) in [5.74, 6) is 0.492. The molecule has 10 heteroatoms. The fraction of sp³-hybridized carbons (Fsp3) is 0.421. The van der Waals surface area contributed by atoms with Gasteiger partial charge in [-0.05, 0) is 12.5 Å². The second kappa shape index (κ2) is 8.29. The molecule has 0 aliphatic carbocycles. The van der Waals surface area contributed by atoms with Crippen molar-refractivity contribution < 1.29 is 24.8 Å². The number of rotatable bonds is 7. The van der Waals surface area contributed by atoms with Crippen LogP contribution in [0.3, 0.4) is 0 Å². The molecule has 0 amide bonds. The largest absolute Gasteiger partial charge is 0.458 e. The molecule has 1 aliphatic heterocycles. The van der Waals surface area contributed by atoms with Crippen LogP contribution in [0.4, 0.5) is 5.82 Å². The van der Waals surface area contributed by atoms with Crippen LogP contribution in [0.5, 0.6) is 6.01 Å². The smallest absolute Gasteiger partial charge is 0.320 e. The second-order valence-electron chi connectivity index (χ2n) is 6.71. The van der Waals surface area contributed by atoms with Crippen LogP contribution in [0, 0.1) is 0 Å². The number of aliphatic hydroxyl groups is 3. The predicted octanol–water partition coefficient (Wildman–Crippen LogP) is 0.449. The van der Waals surface area contributed by atoms with Crippen LogP contribution >= 0.6 is 0 Å². The summed E-state index contributed by atoms with van der Waals surface area (Å²) in [4.78, 5) is 13.2. The molecule has 4 N–H and O–H groups in total. The molecule has 1 fully saturated rings. The molecule has 10 nitrogen and oxygen atoms in total. The molecule has 3 heterocycles. The maximum absolute atomic E-state index is 10.4. The van der Waals surface area contributed by atoms with Gasteiger partial charge >= 0.3 is 6.01 Å². The lowest BCUT2D eigenvalue weighted by atomic mass is 10.1. The van der Waals surface area contributed by atoms with Crippen molar-refractivity contribution in [1.29, 1.82) is 0 Å². The van der Waals surface area contributed by atoms with E-state index >= 15 is 0 Å². The summed E-state index contributed by atoms with van der Waals surface area (Å²) in [6.07, 6.45) is -2.83. The molecule has 2 aromatic heterocycles. The number of nitrogens with one attached hydrogen (secondary N) is 1. The molecule has 29 heavy (non-hydrogen) atoms. The van der Waals surface area contributed by atoms with Gasteiger partial charge < -0.3 is 30.1 Å². The molecule has 0 saturated carbocycles. The normalized spacial score (nSPS) is 24.1. The fourth-order valence-corrected chi connectivity index (χ4v) is 3.27. The van der Waals surface area contributed by atoms with Gasteiger partial charge in [0.1, 0.15) is 24.9 Å². The molecule has 3 aromatic rings. The van der Waals surface area contributed by atoms with Crippen LogP contribution in [0.1, 0.15) is 18.7 Å². The lowest BCUT2D eigenvalue weighted by molar-refractivity contribution is -0.0511. The number of benzene rings is 1. The quantitative estimate of drug-likeness (QED) is 0.445. The van der Waals surface area contributed by atoms with E-state index in [9.17, 15) is 15.3 Å². The molecule has 1 aliphatic rings. The van der Waals surface area contributed by atoms with Crippen LogP contribution < -0.4 is 10.1 Å². The van der Waals surface area contributed by atoms with Gasteiger partial charge in [-0.15, -0.1) is 0 Å². The Hall–Kier alpha value is -2.79. The third kappa shape index (κ3) is 3.75. The molecule has 0 bridgehead atoms. The van der Waals surface area contributed by atoms with Gasteiger partial charge in [-0.2, -0.15) is 9.97 Å². The Morgan fingerprint density at radius 3 is 2.66 bits per heavy atom. The molecule has 1 aromatic carbocycles. The zero-order valence-corrected chi connectivity index (χ0v) is 15.8. The first-order valence-electron chi connectivity index (χ1n) is 9.40. The van der Waals surface area contributed by atoms with Crippen molar-refractivity contribution in [3.8, 4) is 6.01 Å². The highest BCUT2D eigenvalue weighted by Gasteiger charge is 2.44. The first-order chi connectivity index (χ1) is 14.1. The van der Waals surface area contributed by atoms with E-state index in [1.165, 1.54) is 10.9 Å². The van der Waals surface area contributed by atoms with Crippen LogP contribution in [0.2, 0.25) is 0 Å². The molecule has 4 rings (SSSR count). The van der Waals surface area contributed by atoms with Crippen LogP contribution in [-0.4, -0.2) is 66.3 Å². The van der Waals surface area contributed by atoms with Gasteiger partial charge in [0.2, 0.25) is 0 Å². The number of anilines is 1. The van der Waals surface area contributed by atoms with E-state index in [1.54, 1.807) is 0 Å². The Morgan fingerprint density at radius 1 is 1.17 bits per heavy atom. The number of imidazole rings is 1. The summed E-state index contributed by atoms with van der Waals surface area (Å²) >= 11 is 0. The fourth-order valence-electron chi connectivity index (χ4n) is 3.27. The molecule has 4 atom stereocenters. The summed E-state index contributed by atoms with van der Waals surface area (Å²) in [5.41, 5.74) is 1.84. The van der Waals surface area contributed by atoms with E-state index in [4.69, 9.17) is 9.47 Å². The molecule has 154 valence electrons. The minimum atomic E-state index is -1.24. The van der Waals surface area contributed by atoms with E-state index in [0.29, 0.717) is 30.1 Å². The highest BCUT2D eigenvalue weighted by Crippen LogP contribution is 2.33. The minimum absolute atomic E-state index is 0.144. The average Bonchev–Trinajstić information content (AvgIpc) is 3.29. The third-order valence-electron chi connectivity index (χ3n) is 4.75. The first-order valence-corrected chi connectivity index (χ1v) is 9.40. The standard InChI is InChI=1S/C19H23N5O5/c1-2-20-16-13-17(23-19(22-16)28-9-11-6-4-3-5-7-11)24(10-21-13)18-15(27)14(26)12(8-25)29-18/h3-7,10,12,14-15,18,25-27H,2,8-9H2,1H3,(H,20,22,23)/t12-,14?,15?,18-/m1/s1. The van der Waals surface area contributed by atoms with Crippen LogP contribution in [0.15, 0.2) is 36.7 Å². The summed E-state index contributed by atoms with van der Waals surface area (Å²) in [5, 5.41) is 32.9. The van der Waals surface area contributed by atoms with Crippen LogP contribution in [-0.2, 0) is 11.3 Å². The van der Waals surface area contributed by atoms with Crippen molar-refractivity contribution in [3.63, 3.8) is 0 Å². The Kier molecular flexibility index (Phi) is 5.58. The zero-order chi connectivity index (χ0) is 20.4. The summed E-state index contributed by atoms with van der Waals surface area (Å²) in [6.45, 7) is 2.43. The maximum Gasteiger partial charge on any atom is 0.320 e. The summed E-state index contributed by atoms with van der Waals surface area (Å²) in [6, 6.07) is 9.79. The Balaban J connectivity index is 1.68. The number of hydrogen-bond donors (Lipinski definition) is 4. The molecule has 1 saturated heterocycles. The van der Waals surface area contributed by atoms with Crippen molar-refractivity contribution in [1.82, 2.24) is 19.5 Å². The molecule has 2 unspecified atom stereocenters. The van der Waals surface area contributed by atoms with Gasteiger partial charge in [-0.25, -0.2) is 4.98 Å².